The van der Waals surface area contributed by atoms with Crippen molar-refractivity contribution in [2.24, 2.45) is 5.41 Å². The molecule has 0 saturated heterocycles. The standard InChI is InChI=1S/C10H22ClNO2S/c1-9(5-7-11)12-15(13,14)8-6-10(2,3)4/h9,12H,5-8H2,1-4H3. The monoisotopic (exact) mass is 255 g/mol. The van der Waals surface area contributed by atoms with Crippen LogP contribution in [0.4, 0.5) is 0 Å². The van der Waals surface area contributed by atoms with E-state index in [1.807, 2.05) is 27.7 Å². The third-order valence-electron chi connectivity index (χ3n) is 2.04. The maximum atomic E-state index is 11.6. The zero-order valence-corrected chi connectivity index (χ0v) is 11.6. The van der Waals surface area contributed by atoms with Crippen LogP contribution < -0.4 is 4.72 Å². The van der Waals surface area contributed by atoms with E-state index in [2.05, 4.69) is 4.72 Å². The molecular weight excluding hydrogens is 234 g/mol. The third kappa shape index (κ3) is 9.15. The molecule has 0 aliphatic heterocycles. The molecule has 0 aliphatic rings. The zero-order valence-electron chi connectivity index (χ0n) is 10.0. The lowest BCUT2D eigenvalue weighted by molar-refractivity contribution is 0.395. The molecule has 1 unspecified atom stereocenters. The summed E-state index contributed by atoms with van der Waals surface area (Å²) < 4.78 is 25.8. The fraction of sp³-hybridized carbons (Fsp3) is 1.00. The van der Waals surface area contributed by atoms with Crippen LogP contribution in [0, 0.1) is 5.41 Å². The summed E-state index contributed by atoms with van der Waals surface area (Å²) in [6.45, 7) is 7.93. The van der Waals surface area contributed by atoms with Crippen molar-refractivity contribution >= 4 is 21.6 Å². The minimum Gasteiger partial charge on any atom is -0.212 e. The summed E-state index contributed by atoms with van der Waals surface area (Å²) in [5.41, 5.74) is 0.0461. The molecule has 0 rings (SSSR count). The normalized spacial score (nSPS) is 15.3. The number of hydrogen-bond acceptors (Lipinski definition) is 2. The molecule has 0 saturated carbocycles. The van der Waals surface area contributed by atoms with E-state index >= 15 is 0 Å². The van der Waals surface area contributed by atoms with E-state index in [4.69, 9.17) is 11.6 Å². The molecule has 3 nitrogen and oxygen atoms in total. The van der Waals surface area contributed by atoms with E-state index < -0.39 is 10.0 Å². The number of halogens is 1. The number of sulfonamides is 1. The van der Waals surface area contributed by atoms with Crippen LogP contribution in [0.25, 0.3) is 0 Å². The Labute approximate surface area is 98.6 Å². The Bertz CT molecular complexity index is 270. The van der Waals surface area contributed by atoms with Gasteiger partial charge in [0.2, 0.25) is 10.0 Å². The predicted molar refractivity (Wildman–Crippen MR) is 65.8 cm³/mol. The molecule has 0 spiro atoms. The van der Waals surface area contributed by atoms with Crippen LogP contribution in [0.5, 0.6) is 0 Å². The average Bonchev–Trinajstić information content (AvgIpc) is 1.99. The number of alkyl halides is 1. The van der Waals surface area contributed by atoms with Crippen molar-refractivity contribution in [1.82, 2.24) is 4.72 Å². The van der Waals surface area contributed by atoms with Crippen LogP contribution in [-0.2, 0) is 10.0 Å². The van der Waals surface area contributed by atoms with Gasteiger partial charge in [0, 0.05) is 11.9 Å². The molecular formula is C10H22ClNO2S. The van der Waals surface area contributed by atoms with Crippen molar-refractivity contribution in [3.63, 3.8) is 0 Å². The smallest absolute Gasteiger partial charge is 0.211 e. The number of rotatable bonds is 6. The van der Waals surface area contributed by atoms with Gasteiger partial charge in [-0.2, -0.15) is 0 Å². The lowest BCUT2D eigenvalue weighted by atomic mass is 9.94. The molecule has 1 N–H and O–H groups in total. The van der Waals surface area contributed by atoms with Crippen molar-refractivity contribution in [3.8, 4) is 0 Å². The Morgan fingerprint density at radius 2 is 1.87 bits per heavy atom. The zero-order chi connectivity index (χ0) is 12.1. The molecule has 0 aliphatic carbocycles. The van der Waals surface area contributed by atoms with Crippen LogP contribution in [0.15, 0.2) is 0 Å². The second kappa shape index (κ2) is 6.06. The van der Waals surface area contributed by atoms with Gasteiger partial charge in [0.25, 0.3) is 0 Å². The van der Waals surface area contributed by atoms with Gasteiger partial charge in [0.15, 0.2) is 0 Å². The van der Waals surface area contributed by atoms with Gasteiger partial charge in [-0.1, -0.05) is 20.8 Å². The topological polar surface area (TPSA) is 46.2 Å². The van der Waals surface area contributed by atoms with E-state index in [1.165, 1.54) is 0 Å². The molecule has 15 heavy (non-hydrogen) atoms. The molecule has 1 atom stereocenters. The molecule has 0 aromatic heterocycles. The summed E-state index contributed by atoms with van der Waals surface area (Å²) in [4.78, 5) is 0. The van der Waals surface area contributed by atoms with Gasteiger partial charge in [-0.3, -0.25) is 0 Å². The van der Waals surface area contributed by atoms with Crippen molar-refractivity contribution in [2.75, 3.05) is 11.6 Å². The lowest BCUT2D eigenvalue weighted by Gasteiger charge is -2.19. The van der Waals surface area contributed by atoms with Crippen molar-refractivity contribution in [2.45, 2.75) is 46.6 Å². The first-order valence-corrected chi connectivity index (χ1v) is 7.41. The Morgan fingerprint density at radius 3 is 2.27 bits per heavy atom. The van der Waals surface area contributed by atoms with Gasteiger partial charge >= 0.3 is 0 Å². The first kappa shape index (κ1) is 15.2. The second-order valence-electron chi connectivity index (χ2n) is 5.13. The molecule has 0 heterocycles. The minimum absolute atomic E-state index is 0.0461. The third-order valence-corrected chi connectivity index (χ3v) is 3.76. The maximum absolute atomic E-state index is 11.6. The molecule has 0 aromatic rings. The Kier molecular flexibility index (Phi) is 6.14. The van der Waals surface area contributed by atoms with Crippen molar-refractivity contribution < 1.29 is 8.42 Å². The fourth-order valence-electron chi connectivity index (χ4n) is 1.03. The summed E-state index contributed by atoms with van der Waals surface area (Å²) in [5, 5.41) is 0. The van der Waals surface area contributed by atoms with Gasteiger partial charge in [-0.25, -0.2) is 13.1 Å². The van der Waals surface area contributed by atoms with Crippen LogP contribution in [-0.4, -0.2) is 26.1 Å². The largest absolute Gasteiger partial charge is 0.212 e. The quantitative estimate of drug-likeness (QED) is 0.741. The Balaban J connectivity index is 4.09. The highest BCUT2D eigenvalue weighted by Crippen LogP contribution is 2.19. The van der Waals surface area contributed by atoms with Gasteiger partial charge in [0.1, 0.15) is 0 Å². The van der Waals surface area contributed by atoms with E-state index in [-0.39, 0.29) is 17.2 Å². The van der Waals surface area contributed by atoms with Crippen LogP contribution in [0.3, 0.4) is 0 Å². The minimum atomic E-state index is -3.14. The Hall–Kier alpha value is 0.200. The van der Waals surface area contributed by atoms with Gasteiger partial charge in [0.05, 0.1) is 5.75 Å². The summed E-state index contributed by atoms with van der Waals surface area (Å²) in [7, 11) is -3.14. The van der Waals surface area contributed by atoms with Gasteiger partial charge in [-0.05, 0) is 25.2 Å². The lowest BCUT2D eigenvalue weighted by Crippen LogP contribution is -2.35. The highest BCUT2D eigenvalue weighted by molar-refractivity contribution is 7.89. The van der Waals surface area contributed by atoms with Crippen LogP contribution >= 0.6 is 11.6 Å². The molecule has 0 radical (unpaired) electrons. The number of hydrogen-bond donors (Lipinski definition) is 1. The van der Waals surface area contributed by atoms with Crippen molar-refractivity contribution in [1.29, 1.82) is 0 Å². The average molecular weight is 256 g/mol. The first-order valence-electron chi connectivity index (χ1n) is 5.22. The van der Waals surface area contributed by atoms with Crippen LogP contribution in [0.1, 0.15) is 40.5 Å². The van der Waals surface area contributed by atoms with E-state index in [0.29, 0.717) is 18.7 Å². The predicted octanol–water partition coefficient (Wildman–Crippen LogP) is 2.36. The fourth-order valence-corrected chi connectivity index (χ4v) is 3.09. The van der Waals surface area contributed by atoms with E-state index in [0.717, 1.165) is 0 Å². The summed E-state index contributed by atoms with van der Waals surface area (Å²) in [6, 6.07) is -0.0764. The van der Waals surface area contributed by atoms with Crippen molar-refractivity contribution in [3.05, 3.63) is 0 Å². The summed E-state index contributed by atoms with van der Waals surface area (Å²) in [5.74, 6) is 0.659. The molecule has 0 fully saturated rings. The van der Waals surface area contributed by atoms with Gasteiger partial charge in [-0.15, -0.1) is 11.6 Å². The summed E-state index contributed by atoms with van der Waals surface area (Å²) in [6.07, 6.45) is 1.33. The molecule has 0 aromatic carbocycles. The molecule has 0 bridgehead atoms. The SMILES string of the molecule is CC(CCCl)NS(=O)(=O)CCC(C)(C)C. The molecule has 5 heteroatoms. The highest BCUT2D eigenvalue weighted by atomic mass is 35.5. The maximum Gasteiger partial charge on any atom is 0.211 e. The van der Waals surface area contributed by atoms with E-state index in [9.17, 15) is 8.42 Å². The molecule has 92 valence electrons. The molecule has 0 amide bonds. The summed E-state index contributed by atoms with van der Waals surface area (Å²) >= 11 is 5.54. The highest BCUT2D eigenvalue weighted by Gasteiger charge is 2.18. The number of nitrogens with one attached hydrogen (secondary N) is 1. The van der Waals surface area contributed by atoms with Gasteiger partial charge < -0.3 is 0 Å². The Morgan fingerprint density at radius 1 is 1.33 bits per heavy atom. The van der Waals surface area contributed by atoms with E-state index in [1.54, 1.807) is 0 Å². The second-order valence-corrected chi connectivity index (χ2v) is 7.38. The first-order chi connectivity index (χ1) is 6.66. The van der Waals surface area contributed by atoms with Crippen LogP contribution in [0.2, 0.25) is 0 Å².